The molecule has 1 fully saturated rings. The predicted octanol–water partition coefficient (Wildman–Crippen LogP) is 2.75. The Labute approximate surface area is 140 Å². The first-order chi connectivity index (χ1) is 11.6. The summed E-state index contributed by atoms with van der Waals surface area (Å²) in [6.45, 7) is 3.27. The average molecular weight is 331 g/mol. The highest BCUT2D eigenvalue weighted by Gasteiger charge is 2.29. The highest BCUT2D eigenvalue weighted by Crippen LogP contribution is 2.27. The highest BCUT2D eigenvalue weighted by molar-refractivity contribution is 5.97. The number of carbonyl (C=O) groups is 2. The molecule has 6 heteroatoms. The predicted molar refractivity (Wildman–Crippen MR) is 87.6 cm³/mol. The van der Waals surface area contributed by atoms with Crippen molar-refractivity contribution in [2.45, 2.75) is 32.5 Å². The lowest BCUT2D eigenvalue weighted by Crippen LogP contribution is -2.38. The van der Waals surface area contributed by atoms with Gasteiger partial charge in [0, 0.05) is 31.1 Å². The highest BCUT2D eigenvalue weighted by atomic mass is 16.6. The van der Waals surface area contributed by atoms with Gasteiger partial charge in [-0.25, -0.2) is 4.79 Å². The number of nitrogens with zero attached hydrogens (tertiary/aromatic N) is 1. The summed E-state index contributed by atoms with van der Waals surface area (Å²) < 4.78 is 16.2. The van der Waals surface area contributed by atoms with Gasteiger partial charge in [0.15, 0.2) is 6.10 Å². The first-order valence-corrected chi connectivity index (χ1v) is 8.11. The van der Waals surface area contributed by atoms with Crippen molar-refractivity contribution in [3.8, 4) is 0 Å². The van der Waals surface area contributed by atoms with Gasteiger partial charge in [-0.05, 0) is 25.8 Å². The monoisotopic (exact) mass is 331 g/mol. The van der Waals surface area contributed by atoms with Gasteiger partial charge in [-0.3, -0.25) is 4.79 Å². The third-order valence-corrected chi connectivity index (χ3v) is 4.22. The topological polar surface area (TPSA) is 69.0 Å². The molecular weight excluding hydrogens is 310 g/mol. The number of esters is 1. The molecule has 1 amide bonds. The summed E-state index contributed by atoms with van der Waals surface area (Å²) in [6, 6.07) is 7.34. The summed E-state index contributed by atoms with van der Waals surface area (Å²) in [7, 11) is 1.55. The molecular formula is C18H21NO5. The van der Waals surface area contributed by atoms with E-state index in [0.29, 0.717) is 11.1 Å². The summed E-state index contributed by atoms with van der Waals surface area (Å²) in [5.41, 5.74) is 1.23. The summed E-state index contributed by atoms with van der Waals surface area (Å²) in [4.78, 5) is 26.5. The minimum absolute atomic E-state index is 0.0964. The van der Waals surface area contributed by atoms with E-state index in [1.54, 1.807) is 25.0 Å². The number of para-hydroxylation sites is 1. The lowest BCUT2D eigenvalue weighted by Gasteiger charge is -2.20. The van der Waals surface area contributed by atoms with Crippen LogP contribution in [0.1, 0.15) is 35.9 Å². The minimum atomic E-state index is -0.834. The zero-order valence-corrected chi connectivity index (χ0v) is 13.9. The average Bonchev–Trinajstić information content (AvgIpc) is 3.23. The third kappa shape index (κ3) is 3.14. The van der Waals surface area contributed by atoms with E-state index in [1.807, 2.05) is 18.2 Å². The minimum Gasteiger partial charge on any atom is -0.449 e. The number of furan rings is 1. The van der Waals surface area contributed by atoms with Crippen LogP contribution in [0.2, 0.25) is 0 Å². The van der Waals surface area contributed by atoms with E-state index in [2.05, 4.69) is 0 Å². The number of rotatable bonds is 5. The van der Waals surface area contributed by atoms with Gasteiger partial charge in [0.25, 0.3) is 5.91 Å². The van der Waals surface area contributed by atoms with Crippen molar-refractivity contribution in [3.05, 3.63) is 35.6 Å². The van der Waals surface area contributed by atoms with Crippen LogP contribution in [0.25, 0.3) is 11.0 Å². The quantitative estimate of drug-likeness (QED) is 0.788. The van der Waals surface area contributed by atoms with Crippen LogP contribution in [0.15, 0.2) is 28.7 Å². The fourth-order valence-corrected chi connectivity index (χ4v) is 3.01. The Morgan fingerprint density at radius 3 is 2.67 bits per heavy atom. The van der Waals surface area contributed by atoms with E-state index < -0.39 is 12.1 Å². The Balaban J connectivity index is 1.80. The summed E-state index contributed by atoms with van der Waals surface area (Å²) in [5.74, 6) is -0.706. The molecule has 24 heavy (non-hydrogen) atoms. The fourth-order valence-electron chi connectivity index (χ4n) is 3.01. The van der Waals surface area contributed by atoms with Crippen molar-refractivity contribution in [2.24, 2.45) is 0 Å². The first-order valence-electron chi connectivity index (χ1n) is 8.11. The zero-order chi connectivity index (χ0) is 17.1. The molecule has 3 rings (SSSR count). The number of carbonyl (C=O) groups excluding carboxylic acids is 2. The van der Waals surface area contributed by atoms with E-state index >= 15 is 0 Å². The molecule has 2 heterocycles. The number of hydrogen-bond acceptors (Lipinski definition) is 5. The van der Waals surface area contributed by atoms with Crippen molar-refractivity contribution in [1.29, 1.82) is 0 Å². The zero-order valence-electron chi connectivity index (χ0n) is 13.9. The normalized spacial score (nSPS) is 15.7. The molecule has 0 bridgehead atoms. The maximum atomic E-state index is 12.5. The van der Waals surface area contributed by atoms with E-state index in [0.717, 1.165) is 31.3 Å². The second-order valence-electron chi connectivity index (χ2n) is 5.92. The Hall–Kier alpha value is -2.34. The van der Waals surface area contributed by atoms with E-state index in [4.69, 9.17) is 13.9 Å². The van der Waals surface area contributed by atoms with Gasteiger partial charge in [0.05, 0.1) is 6.61 Å². The largest absolute Gasteiger partial charge is 0.449 e. The molecule has 0 spiro atoms. The van der Waals surface area contributed by atoms with Crippen LogP contribution in [0.3, 0.4) is 0 Å². The van der Waals surface area contributed by atoms with Crippen molar-refractivity contribution in [3.63, 3.8) is 0 Å². The Bertz CT molecular complexity index is 745. The molecule has 1 aliphatic heterocycles. The van der Waals surface area contributed by atoms with Crippen LogP contribution in [-0.2, 0) is 20.9 Å². The lowest BCUT2D eigenvalue weighted by atomic mass is 10.1. The molecule has 1 aromatic carbocycles. The second kappa shape index (κ2) is 7.05. The molecule has 1 aromatic heterocycles. The third-order valence-electron chi connectivity index (χ3n) is 4.22. The van der Waals surface area contributed by atoms with Crippen LogP contribution in [-0.4, -0.2) is 43.1 Å². The molecule has 0 N–H and O–H groups in total. The summed E-state index contributed by atoms with van der Waals surface area (Å²) in [5, 5.41) is 0.810. The van der Waals surface area contributed by atoms with Gasteiger partial charge in [-0.2, -0.15) is 0 Å². The van der Waals surface area contributed by atoms with Crippen molar-refractivity contribution in [1.82, 2.24) is 4.90 Å². The van der Waals surface area contributed by atoms with E-state index in [-0.39, 0.29) is 18.3 Å². The summed E-state index contributed by atoms with van der Waals surface area (Å²) >= 11 is 0. The number of likely N-dealkylation sites (tertiary alicyclic amines) is 1. The molecule has 128 valence electrons. The van der Waals surface area contributed by atoms with Gasteiger partial charge >= 0.3 is 5.97 Å². The van der Waals surface area contributed by atoms with Crippen molar-refractivity contribution >= 4 is 22.8 Å². The van der Waals surface area contributed by atoms with Gasteiger partial charge in [0.2, 0.25) is 5.76 Å². The number of hydrogen-bond donors (Lipinski definition) is 0. The molecule has 6 nitrogen and oxygen atoms in total. The number of amides is 1. The molecule has 1 atom stereocenters. The van der Waals surface area contributed by atoms with Gasteiger partial charge in [-0.15, -0.1) is 0 Å². The second-order valence-corrected chi connectivity index (χ2v) is 5.92. The van der Waals surface area contributed by atoms with Crippen LogP contribution < -0.4 is 0 Å². The van der Waals surface area contributed by atoms with Crippen LogP contribution in [0.5, 0.6) is 0 Å². The maximum Gasteiger partial charge on any atom is 0.375 e. The van der Waals surface area contributed by atoms with Crippen molar-refractivity contribution < 1.29 is 23.5 Å². The number of benzene rings is 1. The van der Waals surface area contributed by atoms with Gasteiger partial charge in [0.1, 0.15) is 5.58 Å². The Kier molecular flexibility index (Phi) is 4.85. The van der Waals surface area contributed by atoms with Gasteiger partial charge in [-0.1, -0.05) is 18.2 Å². The number of ether oxygens (including phenoxy) is 2. The van der Waals surface area contributed by atoms with Crippen LogP contribution in [0.4, 0.5) is 0 Å². The molecule has 0 saturated carbocycles. The number of methoxy groups -OCH3 is 1. The standard InChI is InChI=1S/C18H21NO5/c1-12(17(20)19-9-5-6-10-19)23-18(21)16-14(11-22-2)13-7-3-4-8-15(13)24-16/h3-4,7-8,12H,5-6,9-11H2,1-2H3/t12-/m1/s1. The maximum absolute atomic E-state index is 12.5. The molecule has 2 aromatic rings. The smallest absolute Gasteiger partial charge is 0.375 e. The van der Waals surface area contributed by atoms with E-state index in [1.165, 1.54) is 0 Å². The molecule has 0 radical (unpaired) electrons. The van der Waals surface area contributed by atoms with Gasteiger partial charge < -0.3 is 18.8 Å². The van der Waals surface area contributed by atoms with Crippen molar-refractivity contribution in [2.75, 3.05) is 20.2 Å². The molecule has 0 unspecified atom stereocenters. The Morgan fingerprint density at radius 1 is 1.25 bits per heavy atom. The SMILES string of the molecule is COCc1c(C(=O)O[C@H](C)C(=O)N2CCCC2)oc2ccccc12. The summed E-state index contributed by atoms with van der Waals surface area (Å²) in [6.07, 6.45) is 1.15. The Morgan fingerprint density at radius 2 is 1.96 bits per heavy atom. The number of fused-ring (bicyclic) bond motifs is 1. The molecule has 1 saturated heterocycles. The first kappa shape index (κ1) is 16.5. The fraction of sp³-hybridized carbons (Fsp3) is 0.444. The van der Waals surface area contributed by atoms with Crippen LogP contribution in [0, 0.1) is 0 Å². The molecule has 1 aliphatic rings. The van der Waals surface area contributed by atoms with E-state index in [9.17, 15) is 9.59 Å². The van der Waals surface area contributed by atoms with Crippen LogP contribution >= 0.6 is 0 Å². The lowest BCUT2D eigenvalue weighted by molar-refractivity contribution is -0.138. The molecule has 0 aliphatic carbocycles.